The maximum Gasteiger partial charge on any atom is 0.264 e. The van der Waals surface area contributed by atoms with Gasteiger partial charge < -0.3 is 10.1 Å². The zero-order chi connectivity index (χ0) is 28.7. The first-order chi connectivity index (χ1) is 19.0. The highest BCUT2D eigenvalue weighted by Gasteiger charge is 2.36. The van der Waals surface area contributed by atoms with E-state index in [1.54, 1.807) is 18.2 Å². The Bertz CT molecular complexity index is 1670. The first kappa shape index (κ1) is 28.3. The smallest absolute Gasteiger partial charge is 0.264 e. The molecule has 0 unspecified atom stereocenters. The van der Waals surface area contributed by atoms with Crippen LogP contribution in [0.4, 0.5) is 15.8 Å². The second-order valence-corrected chi connectivity index (χ2v) is 13.8. The highest BCUT2D eigenvalue weighted by atomic mass is 35.5. The fourth-order valence-electron chi connectivity index (χ4n) is 5.02. The molecule has 5 rings (SSSR count). The molecular weight excluding hydrogens is 581 g/mol. The molecule has 0 bridgehead atoms. The van der Waals surface area contributed by atoms with Crippen LogP contribution in [-0.2, 0) is 31.3 Å². The lowest BCUT2D eigenvalue weighted by Gasteiger charge is -2.31. The maximum absolute atomic E-state index is 13.9. The van der Waals surface area contributed by atoms with Gasteiger partial charge in [0, 0.05) is 30.3 Å². The summed E-state index contributed by atoms with van der Waals surface area (Å²) in [5.41, 5.74) is 1.70. The predicted molar refractivity (Wildman–Crippen MR) is 149 cm³/mol. The number of benzene rings is 3. The Labute approximate surface area is 237 Å². The van der Waals surface area contributed by atoms with E-state index in [2.05, 4.69) is 5.32 Å². The second-order valence-electron chi connectivity index (χ2n) is 9.61. The first-order valence-electron chi connectivity index (χ1n) is 12.6. The number of fused-ring (bicyclic) bond motifs is 1. The van der Waals surface area contributed by atoms with E-state index in [1.165, 1.54) is 46.1 Å². The van der Waals surface area contributed by atoms with E-state index in [0.717, 1.165) is 17.7 Å². The SMILES string of the molecule is COc1ccc(F)cc1S(=O)(=O)N1CCC[C@@H](C(=O)Nc2ccc3c(c2)N(S(=O)(=O)c2ccc(Cl)cc2)CC3)C1. The van der Waals surface area contributed by atoms with Crippen molar-refractivity contribution in [2.45, 2.75) is 29.1 Å². The number of nitrogens with one attached hydrogen (secondary N) is 1. The molecule has 0 spiro atoms. The molecule has 2 aliphatic heterocycles. The number of ether oxygens (including phenoxy) is 1. The van der Waals surface area contributed by atoms with Crippen molar-refractivity contribution in [2.75, 3.05) is 36.4 Å². The molecule has 40 heavy (non-hydrogen) atoms. The third-order valence-corrected chi connectivity index (χ3v) is 11.1. The second kappa shape index (κ2) is 11.0. The van der Waals surface area contributed by atoms with E-state index >= 15 is 0 Å². The van der Waals surface area contributed by atoms with Crippen molar-refractivity contribution >= 4 is 48.9 Å². The number of hydrogen-bond donors (Lipinski definition) is 1. The van der Waals surface area contributed by atoms with Crippen molar-refractivity contribution in [1.82, 2.24) is 4.31 Å². The van der Waals surface area contributed by atoms with E-state index in [1.807, 2.05) is 0 Å². The topological polar surface area (TPSA) is 113 Å². The Hall–Kier alpha value is -3.19. The van der Waals surface area contributed by atoms with Crippen molar-refractivity contribution in [3.8, 4) is 5.75 Å². The molecule has 1 atom stereocenters. The summed E-state index contributed by atoms with van der Waals surface area (Å²) in [7, 11) is -6.66. The average molecular weight is 608 g/mol. The van der Waals surface area contributed by atoms with Crippen LogP contribution in [0.5, 0.6) is 5.75 Å². The van der Waals surface area contributed by atoms with Gasteiger partial charge in [0.2, 0.25) is 15.9 Å². The van der Waals surface area contributed by atoms with E-state index < -0.39 is 37.7 Å². The zero-order valence-electron chi connectivity index (χ0n) is 21.5. The highest BCUT2D eigenvalue weighted by Crippen LogP contribution is 2.36. The van der Waals surface area contributed by atoms with Crippen LogP contribution >= 0.6 is 11.6 Å². The average Bonchev–Trinajstić information content (AvgIpc) is 3.37. The molecule has 1 N–H and O–H groups in total. The fraction of sp³-hybridized carbons (Fsp3) is 0.296. The van der Waals surface area contributed by atoms with Gasteiger partial charge >= 0.3 is 0 Å². The minimum atomic E-state index is -4.12. The van der Waals surface area contributed by atoms with Crippen molar-refractivity contribution in [3.63, 3.8) is 0 Å². The standard InChI is InChI=1S/C27H27ClFN3O6S2/c1-38-25-11-7-21(29)15-26(25)40(36,37)31-13-2-3-19(17-31)27(33)30-22-8-4-18-12-14-32(24(18)16-22)39(34,35)23-9-5-20(28)6-10-23/h4-11,15-16,19H,2-3,12-14,17H2,1H3,(H,30,33)/t19-/m1/s1. The molecule has 0 saturated carbocycles. The van der Waals surface area contributed by atoms with Gasteiger partial charge in [0.1, 0.15) is 16.5 Å². The summed E-state index contributed by atoms with van der Waals surface area (Å²) in [5, 5.41) is 3.25. The van der Waals surface area contributed by atoms with Gasteiger partial charge in [-0.25, -0.2) is 21.2 Å². The largest absolute Gasteiger partial charge is 0.495 e. The van der Waals surface area contributed by atoms with Crippen molar-refractivity contribution in [1.29, 1.82) is 0 Å². The lowest BCUT2D eigenvalue weighted by Crippen LogP contribution is -2.43. The third kappa shape index (κ3) is 5.40. The van der Waals surface area contributed by atoms with Crippen molar-refractivity contribution < 1.29 is 30.8 Å². The maximum atomic E-state index is 13.9. The van der Waals surface area contributed by atoms with Crippen LogP contribution in [-0.4, -0.2) is 53.8 Å². The highest BCUT2D eigenvalue weighted by molar-refractivity contribution is 7.92. The van der Waals surface area contributed by atoms with E-state index in [-0.39, 0.29) is 35.2 Å². The summed E-state index contributed by atoms with van der Waals surface area (Å²) in [5.74, 6) is -1.75. The number of rotatable bonds is 7. The van der Waals surface area contributed by atoms with Gasteiger partial charge in [-0.3, -0.25) is 9.10 Å². The molecular formula is C27H27ClFN3O6S2. The van der Waals surface area contributed by atoms with E-state index in [0.29, 0.717) is 35.7 Å². The molecule has 2 aliphatic rings. The Balaban J connectivity index is 1.33. The van der Waals surface area contributed by atoms with Gasteiger partial charge in [-0.15, -0.1) is 0 Å². The number of carbonyl (C=O) groups is 1. The van der Waals surface area contributed by atoms with Crippen LogP contribution in [0, 0.1) is 11.7 Å². The number of anilines is 2. The molecule has 1 amide bonds. The normalized spacial score (nSPS) is 17.9. The Morgan fingerprint density at radius 1 is 1.00 bits per heavy atom. The summed E-state index contributed by atoms with van der Waals surface area (Å²) in [6, 6.07) is 14.3. The van der Waals surface area contributed by atoms with Gasteiger partial charge in [0.25, 0.3) is 10.0 Å². The van der Waals surface area contributed by atoms with Crippen LogP contribution in [0.15, 0.2) is 70.5 Å². The van der Waals surface area contributed by atoms with Crippen molar-refractivity contribution in [2.24, 2.45) is 5.92 Å². The summed E-state index contributed by atoms with van der Waals surface area (Å²) < 4.78 is 74.7. The van der Waals surface area contributed by atoms with Crippen molar-refractivity contribution in [3.05, 3.63) is 77.1 Å². The molecule has 0 aromatic heterocycles. The molecule has 13 heteroatoms. The number of methoxy groups -OCH3 is 1. The van der Waals surface area contributed by atoms with E-state index in [4.69, 9.17) is 16.3 Å². The van der Waals surface area contributed by atoms with Crippen LogP contribution in [0.25, 0.3) is 0 Å². The minimum Gasteiger partial charge on any atom is -0.495 e. The number of hydrogen-bond acceptors (Lipinski definition) is 6. The molecule has 0 aliphatic carbocycles. The predicted octanol–water partition coefficient (Wildman–Crippen LogP) is 4.28. The summed E-state index contributed by atoms with van der Waals surface area (Å²) in [6.45, 7) is 0.356. The third-order valence-electron chi connectivity index (χ3n) is 7.11. The summed E-state index contributed by atoms with van der Waals surface area (Å²) >= 11 is 5.92. The number of sulfonamides is 2. The molecule has 212 valence electrons. The van der Waals surface area contributed by atoms with Gasteiger partial charge in [0.15, 0.2) is 0 Å². The Morgan fingerprint density at radius 3 is 2.48 bits per heavy atom. The number of nitrogens with zero attached hydrogens (tertiary/aromatic N) is 2. The number of amides is 1. The van der Waals surface area contributed by atoms with Crippen LogP contribution in [0.1, 0.15) is 18.4 Å². The zero-order valence-corrected chi connectivity index (χ0v) is 23.9. The van der Waals surface area contributed by atoms with Gasteiger partial charge in [-0.1, -0.05) is 17.7 Å². The van der Waals surface area contributed by atoms with Crippen LogP contribution in [0.2, 0.25) is 5.02 Å². The molecule has 9 nitrogen and oxygen atoms in total. The fourth-order valence-corrected chi connectivity index (χ4v) is 8.33. The molecule has 3 aromatic carbocycles. The quantitative estimate of drug-likeness (QED) is 0.429. The van der Waals surface area contributed by atoms with Gasteiger partial charge in [-0.2, -0.15) is 4.31 Å². The Morgan fingerprint density at radius 2 is 1.75 bits per heavy atom. The van der Waals surface area contributed by atoms with Gasteiger partial charge in [0.05, 0.1) is 23.6 Å². The van der Waals surface area contributed by atoms with E-state index in [9.17, 15) is 26.0 Å². The summed E-state index contributed by atoms with van der Waals surface area (Å²) in [6.07, 6.45) is 1.42. The van der Waals surface area contributed by atoms with Crippen LogP contribution < -0.4 is 14.4 Å². The first-order valence-corrected chi connectivity index (χ1v) is 15.8. The molecule has 1 saturated heterocycles. The molecule has 3 aromatic rings. The van der Waals surface area contributed by atoms with Crippen LogP contribution in [0.3, 0.4) is 0 Å². The number of carbonyl (C=O) groups excluding carboxylic acids is 1. The molecule has 1 fully saturated rings. The van der Waals surface area contributed by atoms with Gasteiger partial charge in [-0.05, 0) is 79.4 Å². The monoisotopic (exact) mass is 607 g/mol. The molecule has 2 heterocycles. The Kier molecular flexibility index (Phi) is 7.79. The molecule has 0 radical (unpaired) electrons. The summed E-state index contributed by atoms with van der Waals surface area (Å²) in [4.78, 5) is 13.0. The lowest BCUT2D eigenvalue weighted by molar-refractivity contribution is -0.120. The number of piperidine rings is 1. The number of halogens is 2. The lowest BCUT2D eigenvalue weighted by atomic mass is 9.98. The minimum absolute atomic E-state index is 0.0178.